The molecule has 0 amide bonds. The van der Waals surface area contributed by atoms with Gasteiger partial charge in [-0.05, 0) is 48.2 Å². The zero-order chi connectivity index (χ0) is 26.6. The van der Waals surface area contributed by atoms with Gasteiger partial charge in [0.05, 0.1) is 10.9 Å². The van der Waals surface area contributed by atoms with E-state index in [1.807, 2.05) is 41.0 Å². The van der Waals surface area contributed by atoms with Gasteiger partial charge in [-0.15, -0.1) is 0 Å². The van der Waals surface area contributed by atoms with E-state index in [0.717, 1.165) is 28.1 Å². The van der Waals surface area contributed by atoms with Gasteiger partial charge in [-0.2, -0.15) is 0 Å². The summed E-state index contributed by atoms with van der Waals surface area (Å²) in [5, 5.41) is 0.625. The molecule has 39 heavy (non-hydrogen) atoms. The molecule has 0 atom stereocenters. The molecule has 0 N–H and O–H groups in total. The highest BCUT2D eigenvalue weighted by Crippen LogP contribution is 2.63. The van der Waals surface area contributed by atoms with E-state index in [1.165, 1.54) is 11.1 Å². The topological polar surface area (TPSA) is 34.9 Å². The molecule has 1 aliphatic heterocycles. The van der Waals surface area contributed by atoms with Gasteiger partial charge in [-0.1, -0.05) is 132 Å². The van der Waals surface area contributed by atoms with Crippen LogP contribution >= 0.6 is 0 Å². The molecule has 0 unspecified atom stereocenters. The molecule has 2 heterocycles. The lowest BCUT2D eigenvalue weighted by Gasteiger charge is -2.61. The SMILES string of the molecule is Cc1ccc(C2(c3ccc(C)cc3)n3c(nc4ccccc4c3=O)C2(c2ccccc2)c2ccccc2)cc1. The lowest BCUT2D eigenvalue weighted by atomic mass is 9.50. The quantitative estimate of drug-likeness (QED) is 0.255. The van der Waals surface area contributed by atoms with Crippen molar-refractivity contribution >= 4 is 10.9 Å². The van der Waals surface area contributed by atoms with Gasteiger partial charge in [0.25, 0.3) is 5.56 Å². The summed E-state index contributed by atoms with van der Waals surface area (Å²) in [5.41, 5.74) is 5.69. The number of hydrogen-bond acceptors (Lipinski definition) is 2. The van der Waals surface area contributed by atoms with Crippen molar-refractivity contribution in [3.63, 3.8) is 0 Å². The predicted octanol–water partition coefficient (Wildman–Crippen LogP) is 7.15. The number of aryl methyl sites for hydroxylation is 2. The first kappa shape index (κ1) is 23.4. The standard InChI is InChI=1S/C36H28N2O/c1-25-17-21-29(22-18-25)36(30-23-19-26(2)20-24-30)35(27-11-5-3-6-12-27,28-13-7-4-8-14-28)34-37-32-16-10-9-15-31(32)33(39)38(34)36/h3-24H,1-2H3. The van der Waals surface area contributed by atoms with E-state index in [2.05, 4.69) is 111 Å². The van der Waals surface area contributed by atoms with Gasteiger partial charge in [0.1, 0.15) is 16.8 Å². The maximum Gasteiger partial charge on any atom is 0.262 e. The van der Waals surface area contributed by atoms with E-state index in [9.17, 15) is 4.79 Å². The zero-order valence-electron chi connectivity index (χ0n) is 22.0. The number of aromatic nitrogens is 2. The second-order valence-electron chi connectivity index (χ2n) is 10.5. The Morgan fingerprint density at radius 1 is 0.538 bits per heavy atom. The molecule has 5 aromatic carbocycles. The highest BCUT2D eigenvalue weighted by molar-refractivity contribution is 5.80. The van der Waals surface area contributed by atoms with Crippen LogP contribution in [0.3, 0.4) is 0 Å². The summed E-state index contributed by atoms with van der Waals surface area (Å²) in [7, 11) is 0. The lowest BCUT2D eigenvalue weighted by molar-refractivity contribution is 0.179. The fraction of sp³-hybridized carbons (Fsp3) is 0.111. The van der Waals surface area contributed by atoms with Gasteiger partial charge in [-0.25, -0.2) is 4.98 Å². The minimum atomic E-state index is -0.874. The minimum Gasteiger partial charge on any atom is -0.279 e. The first-order valence-electron chi connectivity index (χ1n) is 13.4. The van der Waals surface area contributed by atoms with E-state index in [4.69, 9.17) is 4.98 Å². The molecule has 1 aromatic heterocycles. The Hall–Kier alpha value is -4.76. The van der Waals surface area contributed by atoms with Gasteiger partial charge in [0.15, 0.2) is 0 Å². The number of hydrogen-bond donors (Lipinski definition) is 0. The van der Waals surface area contributed by atoms with Crippen molar-refractivity contribution in [2.75, 3.05) is 0 Å². The molecular weight excluding hydrogens is 476 g/mol. The van der Waals surface area contributed by atoms with Crippen LogP contribution in [0.2, 0.25) is 0 Å². The maximum atomic E-state index is 14.6. The summed E-state index contributed by atoms with van der Waals surface area (Å²) in [6.45, 7) is 4.19. The summed E-state index contributed by atoms with van der Waals surface area (Å²) in [6.07, 6.45) is 0. The van der Waals surface area contributed by atoms with E-state index >= 15 is 0 Å². The zero-order valence-corrected chi connectivity index (χ0v) is 22.0. The van der Waals surface area contributed by atoms with Crippen molar-refractivity contribution in [3.05, 3.63) is 183 Å². The van der Waals surface area contributed by atoms with Crippen LogP contribution in [0.5, 0.6) is 0 Å². The second-order valence-corrected chi connectivity index (χ2v) is 10.5. The average Bonchev–Trinajstić information content (AvgIpc) is 2.97. The average molecular weight is 505 g/mol. The van der Waals surface area contributed by atoms with Crippen LogP contribution < -0.4 is 5.56 Å². The van der Waals surface area contributed by atoms with Crippen LogP contribution in [0.1, 0.15) is 39.2 Å². The van der Waals surface area contributed by atoms with Gasteiger partial charge in [-0.3, -0.25) is 9.36 Å². The number of fused-ring (bicyclic) bond motifs is 2. The number of benzene rings is 5. The van der Waals surface area contributed by atoms with Crippen molar-refractivity contribution in [2.24, 2.45) is 0 Å². The minimum absolute atomic E-state index is 0.0285. The third-order valence-electron chi connectivity index (χ3n) is 8.34. The van der Waals surface area contributed by atoms with Crippen LogP contribution in [-0.4, -0.2) is 9.55 Å². The third kappa shape index (κ3) is 3.04. The van der Waals surface area contributed by atoms with Gasteiger partial charge >= 0.3 is 0 Å². The van der Waals surface area contributed by atoms with Crippen LogP contribution in [-0.2, 0) is 11.0 Å². The molecular formula is C36H28N2O. The third-order valence-corrected chi connectivity index (χ3v) is 8.34. The second kappa shape index (κ2) is 8.64. The fourth-order valence-corrected chi connectivity index (χ4v) is 6.64. The Labute approximate surface area is 228 Å². The number of para-hydroxylation sites is 1. The smallest absolute Gasteiger partial charge is 0.262 e. The number of rotatable bonds is 4. The normalized spacial score (nSPS) is 14.9. The highest BCUT2D eigenvalue weighted by atomic mass is 16.1. The van der Waals surface area contributed by atoms with Crippen molar-refractivity contribution in [1.82, 2.24) is 9.55 Å². The summed E-state index contributed by atoms with van der Waals surface area (Å²) >= 11 is 0. The van der Waals surface area contributed by atoms with Gasteiger partial charge < -0.3 is 0 Å². The molecule has 3 heteroatoms. The first-order chi connectivity index (χ1) is 19.1. The molecule has 6 aromatic rings. The Morgan fingerprint density at radius 2 is 1.00 bits per heavy atom. The molecule has 0 fully saturated rings. The Kier molecular flexibility index (Phi) is 5.18. The Bertz CT molecular complexity index is 1790. The Morgan fingerprint density at radius 3 is 1.51 bits per heavy atom. The van der Waals surface area contributed by atoms with Gasteiger partial charge in [0.2, 0.25) is 0 Å². The first-order valence-corrected chi connectivity index (χ1v) is 13.4. The van der Waals surface area contributed by atoms with Crippen LogP contribution in [0.25, 0.3) is 10.9 Å². The van der Waals surface area contributed by atoms with Crippen LogP contribution in [0.15, 0.2) is 138 Å². The monoisotopic (exact) mass is 504 g/mol. The summed E-state index contributed by atoms with van der Waals surface area (Å²) < 4.78 is 1.96. The summed E-state index contributed by atoms with van der Waals surface area (Å²) in [5.74, 6) is 0.754. The van der Waals surface area contributed by atoms with Crippen LogP contribution in [0.4, 0.5) is 0 Å². The molecule has 188 valence electrons. The molecule has 0 saturated carbocycles. The van der Waals surface area contributed by atoms with Crippen molar-refractivity contribution in [1.29, 1.82) is 0 Å². The van der Waals surface area contributed by atoms with Crippen molar-refractivity contribution in [3.8, 4) is 0 Å². The summed E-state index contributed by atoms with van der Waals surface area (Å²) in [6, 6.07) is 46.1. The molecule has 0 spiro atoms. The fourth-order valence-electron chi connectivity index (χ4n) is 6.64. The molecule has 0 aliphatic carbocycles. The van der Waals surface area contributed by atoms with E-state index < -0.39 is 11.0 Å². The summed E-state index contributed by atoms with van der Waals surface area (Å²) in [4.78, 5) is 19.8. The van der Waals surface area contributed by atoms with Crippen LogP contribution in [0, 0.1) is 13.8 Å². The molecule has 0 radical (unpaired) electrons. The largest absolute Gasteiger partial charge is 0.279 e. The molecule has 0 bridgehead atoms. The number of nitrogens with zero attached hydrogens (tertiary/aromatic N) is 2. The molecule has 0 saturated heterocycles. The van der Waals surface area contributed by atoms with E-state index in [1.54, 1.807) is 0 Å². The molecule has 3 nitrogen and oxygen atoms in total. The van der Waals surface area contributed by atoms with E-state index in [0.29, 0.717) is 10.9 Å². The lowest BCUT2D eigenvalue weighted by Crippen LogP contribution is -2.70. The molecule has 7 rings (SSSR count). The molecule has 1 aliphatic rings. The van der Waals surface area contributed by atoms with Crippen molar-refractivity contribution < 1.29 is 0 Å². The maximum absolute atomic E-state index is 14.6. The Balaban J connectivity index is 1.77. The van der Waals surface area contributed by atoms with Crippen molar-refractivity contribution in [2.45, 2.75) is 24.8 Å². The highest BCUT2D eigenvalue weighted by Gasteiger charge is 2.68. The van der Waals surface area contributed by atoms with Gasteiger partial charge in [0, 0.05) is 0 Å². The predicted molar refractivity (Wildman–Crippen MR) is 157 cm³/mol. The van der Waals surface area contributed by atoms with E-state index in [-0.39, 0.29) is 5.56 Å².